The number of fused-ring (bicyclic) bond motifs is 1. The summed E-state index contributed by atoms with van der Waals surface area (Å²) in [4.78, 5) is 22.4. The lowest BCUT2D eigenvalue weighted by molar-refractivity contribution is -0.143. The highest BCUT2D eigenvalue weighted by molar-refractivity contribution is 5.97. The van der Waals surface area contributed by atoms with E-state index in [0.717, 1.165) is 5.01 Å². The quantitative estimate of drug-likeness (QED) is 0.528. The average Bonchev–Trinajstić information content (AvgIpc) is 2.65. The van der Waals surface area contributed by atoms with E-state index in [4.69, 9.17) is 16.1 Å². The van der Waals surface area contributed by atoms with E-state index in [9.17, 15) is 9.59 Å². The number of nitrogens with two attached hydrogens (primary N) is 1. The molecule has 0 aromatic carbocycles. The lowest BCUT2D eigenvalue weighted by atomic mass is 10.2. The highest BCUT2D eigenvalue weighted by Gasteiger charge is 2.46. The molecule has 0 bridgehead atoms. The third kappa shape index (κ3) is 1.20. The number of hydrazine groups is 1. The molecule has 1 saturated heterocycles. The molecule has 0 aliphatic carbocycles. The molecule has 0 saturated carbocycles. The fourth-order valence-corrected chi connectivity index (χ4v) is 1.76. The first-order chi connectivity index (χ1) is 7.06. The molecule has 2 rings (SSSR count). The second-order valence-electron chi connectivity index (χ2n) is 3.35. The van der Waals surface area contributed by atoms with Crippen LogP contribution in [0.5, 0.6) is 0 Å². The number of hydrogen-bond donors (Lipinski definition) is 2. The molecule has 2 heterocycles. The van der Waals surface area contributed by atoms with Gasteiger partial charge < -0.3 is 10.8 Å². The molecule has 1 amide bonds. The number of carbonyl (C=O) groups is 2. The lowest BCUT2D eigenvalue weighted by Gasteiger charge is -2.18. The Bertz CT molecular complexity index is 422. The lowest BCUT2D eigenvalue weighted by Crippen LogP contribution is -2.37. The smallest absolute Gasteiger partial charge is 0.355 e. The van der Waals surface area contributed by atoms with Crippen LogP contribution in [0.25, 0.3) is 0 Å². The highest BCUT2D eigenvalue weighted by atomic mass is 16.4. The van der Waals surface area contributed by atoms with Crippen LogP contribution in [0.15, 0.2) is 11.3 Å². The standard InChI is InChI=1S/C8H8N4O3/c9-1-4-2-11-3-5(10)7(13)12(11)6(4)8(14)15/h5H,2-3,10H2,(H,14,15). The Labute approximate surface area is 84.9 Å². The molecule has 3 N–H and O–H groups in total. The van der Waals surface area contributed by atoms with Gasteiger partial charge in [0.1, 0.15) is 6.04 Å². The van der Waals surface area contributed by atoms with E-state index in [2.05, 4.69) is 0 Å². The van der Waals surface area contributed by atoms with Crippen LogP contribution in [0.1, 0.15) is 0 Å². The van der Waals surface area contributed by atoms with Crippen molar-refractivity contribution in [2.24, 2.45) is 5.73 Å². The summed E-state index contributed by atoms with van der Waals surface area (Å²) in [5.74, 6) is -1.76. The SMILES string of the molecule is N#CC1=C(C(=O)O)N2C(=O)C(N)CN2C1. The van der Waals surface area contributed by atoms with Crippen molar-refractivity contribution < 1.29 is 14.7 Å². The van der Waals surface area contributed by atoms with Gasteiger partial charge in [-0.1, -0.05) is 0 Å². The van der Waals surface area contributed by atoms with Crippen LogP contribution in [-0.4, -0.2) is 46.1 Å². The molecule has 1 unspecified atom stereocenters. The third-order valence-electron chi connectivity index (χ3n) is 2.39. The van der Waals surface area contributed by atoms with Crippen molar-refractivity contribution in [2.75, 3.05) is 13.1 Å². The molecule has 7 nitrogen and oxygen atoms in total. The van der Waals surface area contributed by atoms with Gasteiger partial charge in [-0.15, -0.1) is 0 Å². The summed E-state index contributed by atoms with van der Waals surface area (Å²) in [5.41, 5.74) is 5.30. The van der Waals surface area contributed by atoms with Crippen LogP contribution in [-0.2, 0) is 9.59 Å². The van der Waals surface area contributed by atoms with Crippen LogP contribution >= 0.6 is 0 Å². The molecular formula is C8H8N4O3. The van der Waals surface area contributed by atoms with Crippen molar-refractivity contribution in [1.82, 2.24) is 10.0 Å². The summed E-state index contributed by atoms with van der Waals surface area (Å²) in [5, 5.41) is 20.1. The van der Waals surface area contributed by atoms with Gasteiger partial charge in [0.15, 0.2) is 5.70 Å². The van der Waals surface area contributed by atoms with Gasteiger partial charge in [-0.3, -0.25) is 4.79 Å². The number of nitriles is 1. The monoisotopic (exact) mass is 208 g/mol. The van der Waals surface area contributed by atoms with E-state index in [1.165, 1.54) is 5.01 Å². The van der Waals surface area contributed by atoms with E-state index >= 15 is 0 Å². The molecule has 0 spiro atoms. The first kappa shape index (κ1) is 9.64. The summed E-state index contributed by atoms with van der Waals surface area (Å²) >= 11 is 0. The normalized spacial score (nSPS) is 25.7. The molecular weight excluding hydrogens is 200 g/mol. The first-order valence-corrected chi connectivity index (χ1v) is 4.27. The summed E-state index contributed by atoms with van der Waals surface area (Å²) in [7, 11) is 0. The van der Waals surface area contributed by atoms with Crippen LogP contribution in [0, 0.1) is 11.3 Å². The van der Waals surface area contributed by atoms with Crippen LogP contribution in [0.2, 0.25) is 0 Å². The van der Waals surface area contributed by atoms with Crippen molar-refractivity contribution in [3.05, 3.63) is 11.3 Å². The van der Waals surface area contributed by atoms with Gasteiger partial charge >= 0.3 is 5.97 Å². The van der Waals surface area contributed by atoms with Crippen molar-refractivity contribution >= 4 is 11.9 Å². The minimum atomic E-state index is -1.28. The predicted molar refractivity (Wildman–Crippen MR) is 46.7 cm³/mol. The van der Waals surface area contributed by atoms with E-state index in [1.807, 2.05) is 0 Å². The van der Waals surface area contributed by atoms with Crippen LogP contribution in [0.4, 0.5) is 0 Å². The zero-order valence-corrected chi connectivity index (χ0v) is 7.67. The molecule has 0 radical (unpaired) electrons. The van der Waals surface area contributed by atoms with Gasteiger partial charge in [-0.2, -0.15) is 5.26 Å². The molecule has 2 aliphatic rings. The van der Waals surface area contributed by atoms with Crippen LogP contribution < -0.4 is 5.73 Å². The zero-order chi connectivity index (χ0) is 11.2. The van der Waals surface area contributed by atoms with Crippen LogP contribution in [0.3, 0.4) is 0 Å². The number of nitrogens with zero attached hydrogens (tertiary/aromatic N) is 3. The van der Waals surface area contributed by atoms with E-state index in [0.29, 0.717) is 0 Å². The number of amides is 1. The maximum absolute atomic E-state index is 11.5. The molecule has 7 heteroatoms. The Morgan fingerprint density at radius 3 is 2.87 bits per heavy atom. The third-order valence-corrected chi connectivity index (χ3v) is 2.39. The second kappa shape index (κ2) is 3.05. The maximum Gasteiger partial charge on any atom is 0.355 e. The van der Waals surface area contributed by atoms with Crippen molar-refractivity contribution in [3.8, 4) is 6.07 Å². The topological polar surface area (TPSA) is 111 Å². The maximum atomic E-state index is 11.5. The fraction of sp³-hybridized carbons (Fsp3) is 0.375. The number of hydrogen-bond acceptors (Lipinski definition) is 5. The molecule has 1 fully saturated rings. The van der Waals surface area contributed by atoms with Gasteiger partial charge in [0.25, 0.3) is 5.91 Å². The van der Waals surface area contributed by atoms with Crippen molar-refractivity contribution in [2.45, 2.75) is 6.04 Å². The van der Waals surface area contributed by atoms with Crippen molar-refractivity contribution in [3.63, 3.8) is 0 Å². The second-order valence-corrected chi connectivity index (χ2v) is 3.35. The molecule has 0 aromatic heterocycles. The van der Waals surface area contributed by atoms with E-state index < -0.39 is 17.9 Å². The minimum absolute atomic E-state index is 0.0859. The summed E-state index contributed by atoms with van der Waals surface area (Å²) in [6.45, 7) is 0.387. The number of rotatable bonds is 1. The number of carboxylic acid groups (broad SMARTS) is 1. The number of carbonyl (C=O) groups excluding carboxylic acids is 1. The molecule has 1 atom stereocenters. The number of aliphatic carboxylic acids is 1. The fourth-order valence-electron chi connectivity index (χ4n) is 1.76. The summed E-state index contributed by atoms with van der Waals surface area (Å²) in [6.07, 6.45) is 0. The zero-order valence-electron chi connectivity index (χ0n) is 7.67. The first-order valence-electron chi connectivity index (χ1n) is 4.27. The Morgan fingerprint density at radius 2 is 2.33 bits per heavy atom. The summed E-state index contributed by atoms with van der Waals surface area (Å²) in [6, 6.07) is 1.07. The van der Waals surface area contributed by atoms with Gasteiger partial charge in [-0.25, -0.2) is 14.8 Å². The predicted octanol–water partition coefficient (Wildman–Crippen LogP) is -1.75. The Hall–Kier alpha value is -1.91. The summed E-state index contributed by atoms with van der Waals surface area (Å²) < 4.78 is 0. The Kier molecular flexibility index (Phi) is 1.96. The molecule has 2 aliphatic heterocycles. The average molecular weight is 208 g/mol. The van der Waals surface area contributed by atoms with E-state index in [-0.39, 0.29) is 24.4 Å². The van der Waals surface area contributed by atoms with E-state index in [1.54, 1.807) is 6.07 Å². The number of carboxylic acids is 1. The van der Waals surface area contributed by atoms with Crippen molar-refractivity contribution in [1.29, 1.82) is 5.26 Å². The highest BCUT2D eigenvalue weighted by Crippen LogP contribution is 2.28. The molecule has 0 aromatic rings. The molecule has 78 valence electrons. The molecule has 15 heavy (non-hydrogen) atoms. The van der Waals surface area contributed by atoms with Gasteiger partial charge in [0.05, 0.1) is 18.2 Å². The largest absolute Gasteiger partial charge is 0.476 e. The minimum Gasteiger partial charge on any atom is -0.476 e. The Morgan fingerprint density at radius 1 is 1.67 bits per heavy atom. The van der Waals surface area contributed by atoms with Gasteiger partial charge in [-0.05, 0) is 0 Å². The van der Waals surface area contributed by atoms with Gasteiger partial charge in [0, 0.05) is 6.54 Å². The van der Waals surface area contributed by atoms with Gasteiger partial charge in [0.2, 0.25) is 0 Å². The Balaban J connectivity index is 2.44.